The SMILES string of the molecule is COc1cc(-c2noc([C@@H](N)C(C)(C)C)n2)cc(Cl)c1OC. The lowest BCUT2D eigenvalue weighted by molar-refractivity contribution is 0.253. The lowest BCUT2D eigenvalue weighted by Gasteiger charge is -2.23. The highest BCUT2D eigenvalue weighted by atomic mass is 35.5. The summed E-state index contributed by atoms with van der Waals surface area (Å²) < 4.78 is 15.7. The van der Waals surface area contributed by atoms with E-state index in [1.807, 2.05) is 20.8 Å². The first-order chi connectivity index (χ1) is 10.3. The molecule has 7 heteroatoms. The first-order valence-electron chi connectivity index (χ1n) is 6.79. The summed E-state index contributed by atoms with van der Waals surface area (Å²) >= 11 is 6.19. The molecule has 0 fully saturated rings. The van der Waals surface area contributed by atoms with Gasteiger partial charge in [-0.3, -0.25) is 0 Å². The molecule has 2 N–H and O–H groups in total. The van der Waals surface area contributed by atoms with Crippen molar-refractivity contribution in [3.63, 3.8) is 0 Å². The third kappa shape index (κ3) is 3.18. The second-order valence-corrected chi connectivity index (χ2v) is 6.40. The van der Waals surface area contributed by atoms with E-state index in [9.17, 15) is 0 Å². The summed E-state index contributed by atoms with van der Waals surface area (Å²) in [5, 5.41) is 4.38. The van der Waals surface area contributed by atoms with E-state index in [2.05, 4.69) is 10.1 Å². The zero-order valence-electron chi connectivity index (χ0n) is 13.3. The van der Waals surface area contributed by atoms with Crippen LogP contribution >= 0.6 is 11.6 Å². The van der Waals surface area contributed by atoms with Crippen LogP contribution in [0.1, 0.15) is 32.7 Å². The fraction of sp³-hybridized carbons (Fsp3) is 0.467. The molecule has 1 heterocycles. The average Bonchev–Trinajstić information content (AvgIpc) is 2.94. The van der Waals surface area contributed by atoms with E-state index in [0.29, 0.717) is 33.8 Å². The molecule has 0 saturated heterocycles. The maximum Gasteiger partial charge on any atom is 0.244 e. The molecule has 0 aliphatic heterocycles. The Labute approximate surface area is 134 Å². The molecule has 22 heavy (non-hydrogen) atoms. The van der Waals surface area contributed by atoms with E-state index >= 15 is 0 Å². The fourth-order valence-electron chi connectivity index (χ4n) is 1.90. The number of hydrogen-bond donors (Lipinski definition) is 1. The topological polar surface area (TPSA) is 83.4 Å². The minimum Gasteiger partial charge on any atom is -0.493 e. The predicted molar refractivity (Wildman–Crippen MR) is 84.2 cm³/mol. The van der Waals surface area contributed by atoms with E-state index in [1.165, 1.54) is 14.2 Å². The standard InChI is InChI=1S/C15H20ClN3O3/c1-15(2,3)12(17)14-18-13(19-22-14)8-6-9(16)11(21-5)10(7-8)20-4/h6-7,12H,17H2,1-5H3/t12-/m1/s1. The molecule has 2 rings (SSSR count). The van der Waals surface area contributed by atoms with Gasteiger partial charge in [0.25, 0.3) is 0 Å². The Bertz CT molecular complexity index is 665. The first-order valence-corrected chi connectivity index (χ1v) is 7.16. The monoisotopic (exact) mass is 325 g/mol. The van der Waals surface area contributed by atoms with Crippen molar-refractivity contribution >= 4 is 11.6 Å². The molecule has 0 bridgehead atoms. The van der Waals surface area contributed by atoms with E-state index < -0.39 is 0 Å². The lowest BCUT2D eigenvalue weighted by Crippen LogP contribution is -2.26. The van der Waals surface area contributed by atoms with Crippen LogP contribution < -0.4 is 15.2 Å². The Balaban J connectivity index is 2.42. The van der Waals surface area contributed by atoms with Crippen molar-refractivity contribution in [2.75, 3.05) is 14.2 Å². The van der Waals surface area contributed by atoms with Gasteiger partial charge in [-0.2, -0.15) is 4.98 Å². The maximum atomic E-state index is 6.19. The summed E-state index contributed by atoms with van der Waals surface area (Å²) in [6.07, 6.45) is 0. The Kier molecular flexibility index (Phi) is 4.63. The number of halogens is 1. The van der Waals surface area contributed by atoms with Crippen LogP contribution in [0.3, 0.4) is 0 Å². The van der Waals surface area contributed by atoms with Crippen LogP contribution in [-0.4, -0.2) is 24.4 Å². The number of nitrogens with two attached hydrogens (primary N) is 1. The highest BCUT2D eigenvalue weighted by molar-refractivity contribution is 6.32. The van der Waals surface area contributed by atoms with Crippen molar-refractivity contribution in [3.05, 3.63) is 23.0 Å². The first kappa shape index (κ1) is 16.6. The summed E-state index contributed by atoms with van der Waals surface area (Å²) in [6, 6.07) is 3.08. The lowest BCUT2D eigenvalue weighted by atomic mass is 9.87. The Morgan fingerprint density at radius 2 is 1.91 bits per heavy atom. The molecule has 1 aromatic heterocycles. The second kappa shape index (κ2) is 6.14. The van der Waals surface area contributed by atoms with Gasteiger partial charge in [0, 0.05) is 5.56 Å². The number of nitrogens with zero attached hydrogens (tertiary/aromatic N) is 2. The van der Waals surface area contributed by atoms with Crippen LogP contribution in [0.2, 0.25) is 5.02 Å². The van der Waals surface area contributed by atoms with Gasteiger partial charge in [-0.1, -0.05) is 37.5 Å². The summed E-state index contributed by atoms with van der Waals surface area (Å²) in [5.41, 5.74) is 6.61. The predicted octanol–water partition coefficient (Wildman–Crippen LogP) is 3.45. The quantitative estimate of drug-likeness (QED) is 0.926. The maximum absolute atomic E-state index is 6.19. The van der Waals surface area contributed by atoms with Gasteiger partial charge in [-0.15, -0.1) is 0 Å². The minimum atomic E-state index is -0.357. The summed E-state index contributed by atoms with van der Waals surface area (Å²) in [4.78, 5) is 4.36. The van der Waals surface area contributed by atoms with Crippen LogP contribution in [0.15, 0.2) is 16.7 Å². The Morgan fingerprint density at radius 1 is 1.23 bits per heavy atom. The van der Waals surface area contributed by atoms with Gasteiger partial charge in [0.2, 0.25) is 11.7 Å². The molecule has 0 spiro atoms. The summed E-state index contributed by atoms with van der Waals surface area (Å²) in [6.45, 7) is 6.03. The molecular weight excluding hydrogens is 306 g/mol. The van der Waals surface area contributed by atoms with Gasteiger partial charge >= 0.3 is 0 Å². The van der Waals surface area contributed by atoms with Gasteiger partial charge < -0.3 is 19.7 Å². The third-order valence-electron chi connectivity index (χ3n) is 3.33. The highest BCUT2D eigenvalue weighted by Gasteiger charge is 2.28. The summed E-state index contributed by atoms with van der Waals surface area (Å²) in [5.74, 6) is 1.74. The third-order valence-corrected chi connectivity index (χ3v) is 3.61. The van der Waals surface area contributed by atoms with Crippen molar-refractivity contribution in [1.82, 2.24) is 10.1 Å². The molecule has 120 valence electrons. The van der Waals surface area contributed by atoms with E-state index in [1.54, 1.807) is 12.1 Å². The number of rotatable bonds is 4. The second-order valence-electron chi connectivity index (χ2n) is 5.99. The number of ether oxygens (including phenoxy) is 2. The van der Waals surface area contributed by atoms with Gasteiger partial charge in [-0.25, -0.2) is 0 Å². The molecule has 6 nitrogen and oxygen atoms in total. The van der Waals surface area contributed by atoms with Gasteiger partial charge in [0.15, 0.2) is 11.5 Å². The van der Waals surface area contributed by atoms with E-state index in [0.717, 1.165) is 0 Å². The zero-order chi connectivity index (χ0) is 16.5. The van der Waals surface area contributed by atoms with Crippen LogP contribution in [0.25, 0.3) is 11.4 Å². The molecule has 0 amide bonds. The molecule has 0 aliphatic carbocycles. The number of aromatic nitrogens is 2. The van der Waals surface area contributed by atoms with Crippen LogP contribution in [0.5, 0.6) is 11.5 Å². The fourth-order valence-corrected chi connectivity index (χ4v) is 2.18. The van der Waals surface area contributed by atoms with Crippen molar-refractivity contribution in [2.45, 2.75) is 26.8 Å². The van der Waals surface area contributed by atoms with E-state index in [-0.39, 0.29) is 11.5 Å². The molecule has 1 atom stereocenters. The minimum absolute atomic E-state index is 0.182. The van der Waals surface area contributed by atoms with Crippen molar-refractivity contribution in [2.24, 2.45) is 11.1 Å². The Morgan fingerprint density at radius 3 is 2.45 bits per heavy atom. The number of benzene rings is 1. The van der Waals surface area contributed by atoms with Crippen LogP contribution in [0, 0.1) is 5.41 Å². The molecule has 0 unspecified atom stereocenters. The molecule has 0 saturated carbocycles. The van der Waals surface area contributed by atoms with Crippen molar-refractivity contribution < 1.29 is 14.0 Å². The molecule has 0 radical (unpaired) electrons. The highest BCUT2D eigenvalue weighted by Crippen LogP contribution is 2.39. The smallest absolute Gasteiger partial charge is 0.244 e. The summed E-state index contributed by atoms with van der Waals surface area (Å²) in [7, 11) is 3.06. The zero-order valence-corrected chi connectivity index (χ0v) is 14.1. The molecule has 0 aliphatic rings. The normalized spacial score (nSPS) is 13.0. The van der Waals surface area contributed by atoms with Crippen LogP contribution in [-0.2, 0) is 0 Å². The Hall–Kier alpha value is -1.79. The van der Waals surface area contributed by atoms with Crippen LogP contribution in [0.4, 0.5) is 0 Å². The van der Waals surface area contributed by atoms with Gasteiger partial charge in [-0.05, 0) is 17.5 Å². The molecule has 1 aromatic carbocycles. The molecule has 2 aromatic rings. The number of hydrogen-bond acceptors (Lipinski definition) is 6. The van der Waals surface area contributed by atoms with Crippen molar-refractivity contribution in [1.29, 1.82) is 0 Å². The van der Waals surface area contributed by atoms with Crippen molar-refractivity contribution in [3.8, 4) is 22.9 Å². The average molecular weight is 326 g/mol. The van der Waals surface area contributed by atoms with Gasteiger partial charge in [0.05, 0.1) is 25.3 Å². The van der Waals surface area contributed by atoms with Gasteiger partial charge in [0.1, 0.15) is 0 Å². The van der Waals surface area contributed by atoms with E-state index in [4.69, 9.17) is 31.3 Å². The largest absolute Gasteiger partial charge is 0.493 e. The number of methoxy groups -OCH3 is 2. The molecular formula is C15H20ClN3O3.